The molecule has 4 aromatic rings. The molecule has 0 spiro atoms. The monoisotopic (exact) mass is 488 g/mol. The van der Waals surface area contributed by atoms with Gasteiger partial charge in [-0.2, -0.15) is 5.26 Å². The van der Waals surface area contributed by atoms with Gasteiger partial charge in [0.1, 0.15) is 4.83 Å². The summed E-state index contributed by atoms with van der Waals surface area (Å²) in [6.07, 6.45) is 0.240. The van der Waals surface area contributed by atoms with Crippen LogP contribution in [0.5, 0.6) is 0 Å². The van der Waals surface area contributed by atoms with Crippen LogP contribution in [0.15, 0.2) is 64.5 Å². The number of nitrogens with zero attached hydrogens (tertiary/aromatic N) is 4. The Bertz CT molecular complexity index is 1450. The SMILES string of the molecule is Cc1ccc(N(CCC#N)C(=O)CSc2nc3sc(-c4ccccc4)cc3c(=O)n2C)cc1C. The van der Waals surface area contributed by atoms with Crippen molar-refractivity contribution in [3.05, 3.63) is 76.1 Å². The molecule has 0 N–H and O–H groups in total. The molecule has 2 heterocycles. The number of hydrogen-bond donors (Lipinski definition) is 0. The van der Waals surface area contributed by atoms with Crippen LogP contribution in [0.3, 0.4) is 0 Å². The molecular formula is C26H24N4O2S2. The summed E-state index contributed by atoms with van der Waals surface area (Å²) in [4.78, 5) is 34.1. The van der Waals surface area contributed by atoms with E-state index in [1.165, 1.54) is 27.7 Å². The minimum absolute atomic E-state index is 0.112. The lowest BCUT2D eigenvalue weighted by Crippen LogP contribution is -2.33. The van der Waals surface area contributed by atoms with E-state index in [-0.39, 0.29) is 23.6 Å². The molecule has 1 amide bonds. The molecule has 0 fully saturated rings. The highest BCUT2D eigenvalue weighted by molar-refractivity contribution is 7.99. The van der Waals surface area contributed by atoms with E-state index < -0.39 is 0 Å². The average Bonchev–Trinajstić information content (AvgIpc) is 3.28. The van der Waals surface area contributed by atoms with E-state index in [4.69, 9.17) is 10.2 Å². The number of amides is 1. The summed E-state index contributed by atoms with van der Waals surface area (Å²) in [5, 5.41) is 10.1. The van der Waals surface area contributed by atoms with Crippen molar-refractivity contribution < 1.29 is 4.79 Å². The van der Waals surface area contributed by atoms with E-state index in [0.29, 0.717) is 21.9 Å². The molecule has 0 unspecified atom stereocenters. The lowest BCUT2D eigenvalue weighted by molar-refractivity contribution is -0.116. The van der Waals surface area contributed by atoms with Gasteiger partial charge in [0.2, 0.25) is 5.91 Å². The second kappa shape index (κ2) is 10.2. The predicted molar refractivity (Wildman–Crippen MR) is 140 cm³/mol. The number of fused-ring (bicyclic) bond motifs is 1. The first-order valence-corrected chi connectivity index (χ1v) is 12.6. The molecule has 2 aromatic carbocycles. The first-order chi connectivity index (χ1) is 16.4. The van der Waals surface area contributed by atoms with Gasteiger partial charge in [-0.3, -0.25) is 14.2 Å². The van der Waals surface area contributed by atoms with E-state index in [1.807, 2.05) is 68.4 Å². The maximum Gasteiger partial charge on any atom is 0.262 e. The summed E-state index contributed by atoms with van der Waals surface area (Å²) in [5.41, 5.74) is 3.91. The number of benzene rings is 2. The quantitative estimate of drug-likeness (QED) is 0.260. The number of hydrogen-bond acceptors (Lipinski definition) is 6. The third-order valence-corrected chi connectivity index (χ3v) is 7.76. The second-order valence-corrected chi connectivity index (χ2v) is 9.94. The van der Waals surface area contributed by atoms with Crippen molar-refractivity contribution in [2.45, 2.75) is 25.4 Å². The minimum atomic E-state index is -0.131. The molecule has 8 heteroatoms. The Morgan fingerprint density at radius 2 is 1.91 bits per heavy atom. The Morgan fingerprint density at radius 3 is 2.62 bits per heavy atom. The van der Waals surface area contributed by atoms with Crippen LogP contribution < -0.4 is 10.5 Å². The van der Waals surface area contributed by atoms with Gasteiger partial charge >= 0.3 is 0 Å². The lowest BCUT2D eigenvalue weighted by Gasteiger charge is -2.22. The largest absolute Gasteiger partial charge is 0.311 e. The standard InChI is InChI=1S/C26H24N4O2S2/c1-17-10-11-20(14-18(17)2)30(13-7-12-27)23(31)16-33-26-28-24-21(25(32)29(26)3)15-22(34-24)19-8-5-4-6-9-19/h4-6,8-11,14-15H,7,13,16H2,1-3H3. The summed E-state index contributed by atoms with van der Waals surface area (Å²) in [7, 11) is 1.68. The van der Waals surface area contributed by atoms with Crippen molar-refractivity contribution in [1.82, 2.24) is 9.55 Å². The van der Waals surface area contributed by atoms with E-state index in [1.54, 1.807) is 11.9 Å². The van der Waals surface area contributed by atoms with Crippen LogP contribution in [0.25, 0.3) is 20.7 Å². The van der Waals surface area contributed by atoms with Crippen LogP contribution in [-0.4, -0.2) is 27.8 Å². The fourth-order valence-corrected chi connectivity index (χ4v) is 5.50. The van der Waals surface area contributed by atoms with E-state index in [2.05, 4.69) is 6.07 Å². The Balaban J connectivity index is 1.59. The zero-order chi connectivity index (χ0) is 24.2. The molecule has 0 bridgehead atoms. The first kappa shape index (κ1) is 23.7. The smallest absolute Gasteiger partial charge is 0.262 e. The molecule has 4 rings (SSSR count). The molecule has 6 nitrogen and oxygen atoms in total. The summed E-state index contributed by atoms with van der Waals surface area (Å²) < 4.78 is 1.50. The van der Waals surface area contributed by atoms with Crippen molar-refractivity contribution in [3.8, 4) is 16.5 Å². The van der Waals surface area contributed by atoms with Crippen molar-refractivity contribution in [3.63, 3.8) is 0 Å². The zero-order valence-corrected chi connectivity index (χ0v) is 20.9. The van der Waals surface area contributed by atoms with E-state index in [0.717, 1.165) is 27.3 Å². The maximum atomic E-state index is 13.2. The second-order valence-electron chi connectivity index (χ2n) is 7.96. The molecule has 172 valence electrons. The molecule has 0 atom stereocenters. The fraction of sp³-hybridized carbons (Fsp3) is 0.231. The molecule has 0 radical (unpaired) electrons. The van der Waals surface area contributed by atoms with Gasteiger partial charge in [0, 0.05) is 24.2 Å². The molecule has 0 saturated carbocycles. The molecule has 34 heavy (non-hydrogen) atoms. The van der Waals surface area contributed by atoms with Crippen molar-refractivity contribution in [2.24, 2.45) is 7.05 Å². The number of aromatic nitrogens is 2. The van der Waals surface area contributed by atoms with Crippen LogP contribution in [0.1, 0.15) is 17.5 Å². The predicted octanol–water partition coefficient (Wildman–Crippen LogP) is 5.32. The topological polar surface area (TPSA) is 79.0 Å². The number of rotatable bonds is 7. The number of nitriles is 1. The molecule has 2 aromatic heterocycles. The van der Waals surface area contributed by atoms with Gasteiger partial charge in [-0.1, -0.05) is 48.2 Å². The van der Waals surface area contributed by atoms with Crippen LogP contribution in [0, 0.1) is 25.2 Å². The van der Waals surface area contributed by atoms with Crippen molar-refractivity contribution in [2.75, 3.05) is 17.2 Å². The van der Waals surface area contributed by atoms with Gasteiger partial charge in [-0.05, 0) is 48.7 Å². The third-order valence-electron chi connectivity index (χ3n) is 5.67. The Hall–Kier alpha value is -3.41. The molecule has 0 saturated heterocycles. The lowest BCUT2D eigenvalue weighted by atomic mass is 10.1. The van der Waals surface area contributed by atoms with Gasteiger partial charge in [-0.15, -0.1) is 11.3 Å². The molecule has 0 aliphatic rings. The minimum Gasteiger partial charge on any atom is -0.311 e. The first-order valence-electron chi connectivity index (χ1n) is 10.8. The molecular weight excluding hydrogens is 464 g/mol. The normalized spacial score (nSPS) is 10.9. The highest BCUT2D eigenvalue weighted by atomic mass is 32.2. The Kier molecular flexibility index (Phi) is 7.15. The number of anilines is 1. The number of carbonyl (C=O) groups excluding carboxylic acids is 1. The summed E-state index contributed by atoms with van der Waals surface area (Å²) in [6, 6.07) is 19.7. The van der Waals surface area contributed by atoms with Gasteiger partial charge in [-0.25, -0.2) is 4.98 Å². The number of aryl methyl sites for hydroxylation is 2. The third kappa shape index (κ3) is 4.91. The van der Waals surface area contributed by atoms with Crippen LogP contribution >= 0.6 is 23.1 Å². The van der Waals surface area contributed by atoms with Gasteiger partial charge < -0.3 is 4.90 Å². The van der Waals surface area contributed by atoms with E-state index in [9.17, 15) is 9.59 Å². The zero-order valence-electron chi connectivity index (χ0n) is 19.2. The number of carbonyl (C=O) groups is 1. The molecule has 0 aliphatic heterocycles. The summed E-state index contributed by atoms with van der Waals surface area (Å²) in [5.74, 6) is -0.0184. The van der Waals surface area contributed by atoms with Crippen molar-refractivity contribution in [1.29, 1.82) is 5.26 Å². The van der Waals surface area contributed by atoms with Gasteiger partial charge in [0.05, 0.1) is 23.6 Å². The molecule has 0 aliphatic carbocycles. The van der Waals surface area contributed by atoms with Gasteiger partial charge in [0.25, 0.3) is 5.56 Å². The summed E-state index contributed by atoms with van der Waals surface area (Å²) >= 11 is 2.71. The number of thiophene rings is 1. The van der Waals surface area contributed by atoms with Gasteiger partial charge in [0.15, 0.2) is 5.16 Å². The maximum absolute atomic E-state index is 13.2. The fourth-order valence-electron chi connectivity index (χ4n) is 3.58. The van der Waals surface area contributed by atoms with E-state index >= 15 is 0 Å². The highest BCUT2D eigenvalue weighted by Crippen LogP contribution is 2.32. The van der Waals surface area contributed by atoms with Crippen LogP contribution in [-0.2, 0) is 11.8 Å². The highest BCUT2D eigenvalue weighted by Gasteiger charge is 2.19. The average molecular weight is 489 g/mol. The van der Waals surface area contributed by atoms with Crippen LogP contribution in [0.2, 0.25) is 0 Å². The number of thioether (sulfide) groups is 1. The van der Waals surface area contributed by atoms with Crippen LogP contribution in [0.4, 0.5) is 5.69 Å². The Labute approximate surface area is 206 Å². The Morgan fingerprint density at radius 1 is 1.15 bits per heavy atom. The van der Waals surface area contributed by atoms with Crippen molar-refractivity contribution >= 4 is 44.9 Å². The summed E-state index contributed by atoms with van der Waals surface area (Å²) in [6.45, 7) is 4.34.